The van der Waals surface area contributed by atoms with Crippen LogP contribution in [0, 0.1) is 38.3 Å². The van der Waals surface area contributed by atoms with Crippen molar-refractivity contribution in [2.24, 2.45) is 5.41 Å². The summed E-state index contributed by atoms with van der Waals surface area (Å²) in [5, 5.41) is 4.49. The average molecular weight is 830 g/mol. The molecule has 0 aliphatic heterocycles. The van der Waals surface area contributed by atoms with Gasteiger partial charge in [-0.3, -0.25) is 4.98 Å². The predicted molar refractivity (Wildman–Crippen MR) is 202 cm³/mol. The Morgan fingerprint density at radius 1 is 0.720 bits per heavy atom. The second-order valence-electron chi connectivity index (χ2n) is 14.0. The molecule has 0 unspecified atom stereocenters. The van der Waals surface area contributed by atoms with Crippen molar-refractivity contribution < 1.29 is 24.5 Å². The first-order valence-electron chi connectivity index (χ1n) is 16.7. The first-order valence-corrected chi connectivity index (χ1v) is 16.7. The summed E-state index contributed by atoms with van der Waals surface area (Å²) in [4.78, 5) is 13.5. The van der Waals surface area contributed by atoms with Crippen molar-refractivity contribution in [3.63, 3.8) is 0 Å². The molecule has 0 spiro atoms. The van der Waals surface area contributed by atoms with Crippen LogP contribution in [0.15, 0.2) is 120 Å². The molecule has 0 amide bonds. The largest absolute Gasteiger partial charge is 0.500 e. The molecule has 4 aromatic heterocycles. The number of furan rings is 1. The van der Waals surface area contributed by atoms with Crippen LogP contribution in [0.4, 0.5) is 0 Å². The zero-order valence-electron chi connectivity index (χ0n) is 29.3. The molecule has 4 heterocycles. The summed E-state index contributed by atoms with van der Waals surface area (Å²) in [6, 6.07) is 37.6. The number of aryl methyl sites for hydroxylation is 2. The Balaban J connectivity index is 0.000000196. The predicted octanol–water partition coefficient (Wildman–Crippen LogP) is 11.7. The molecule has 1 radical (unpaired) electrons. The van der Waals surface area contributed by atoms with Crippen LogP contribution < -0.4 is 0 Å². The second kappa shape index (κ2) is 14.5. The van der Waals surface area contributed by atoms with Crippen LogP contribution in [-0.2, 0) is 26.5 Å². The van der Waals surface area contributed by atoms with Gasteiger partial charge in [-0.05, 0) is 76.8 Å². The van der Waals surface area contributed by atoms with Gasteiger partial charge in [0.2, 0.25) is 0 Å². The van der Waals surface area contributed by atoms with Crippen molar-refractivity contribution in [2.45, 2.75) is 48.0 Å². The van der Waals surface area contributed by atoms with Crippen molar-refractivity contribution in [1.29, 1.82) is 0 Å². The number of pyridine rings is 3. The summed E-state index contributed by atoms with van der Waals surface area (Å²) in [5.41, 5.74) is 13.1. The van der Waals surface area contributed by atoms with E-state index in [-0.39, 0.29) is 20.1 Å². The normalized spacial score (nSPS) is 11.3. The van der Waals surface area contributed by atoms with Gasteiger partial charge < -0.3 is 14.4 Å². The standard InChI is InChI=1S/C28H19N2O.C17H20N.Ir/c1-17-15-19-12-14-29-16-24(19)26(18(17)2)23-10-6-8-21-20-7-5-9-22(27(20)31-28(21)23)25-11-3-4-13-30-25;1-13-5-8-15(9-6-13)16-10-7-14(12-18-16)11-17(2,3)4;/h3-8,10-16H,1-2H3;5-8,10,12H,11H2,1-4H3;/q2*-1;. The van der Waals surface area contributed by atoms with E-state index < -0.39 is 0 Å². The topological polar surface area (TPSA) is 51.8 Å². The van der Waals surface area contributed by atoms with Crippen molar-refractivity contribution in [1.82, 2.24) is 15.0 Å². The third-order valence-corrected chi connectivity index (χ3v) is 8.92. The fourth-order valence-electron chi connectivity index (χ4n) is 6.45. The number of hydrogen-bond donors (Lipinski definition) is 0. The molecule has 0 atom stereocenters. The molecular formula is C45H39IrN3O-2. The van der Waals surface area contributed by atoms with Crippen molar-refractivity contribution >= 4 is 32.7 Å². The Kier molecular flexibility index (Phi) is 10.1. The zero-order chi connectivity index (χ0) is 34.1. The van der Waals surface area contributed by atoms with E-state index in [0.717, 1.165) is 61.8 Å². The third-order valence-electron chi connectivity index (χ3n) is 8.92. The van der Waals surface area contributed by atoms with Gasteiger partial charge in [-0.1, -0.05) is 87.2 Å². The Bertz CT molecular complexity index is 2410. The minimum Gasteiger partial charge on any atom is -0.500 e. The summed E-state index contributed by atoms with van der Waals surface area (Å²) in [6.07, 6.45) is 8.63. The number of nitrogens with zero attached hydrogens (tertiary/aromatic N) is 3. The van der Waals surface area contributed by atoms with E-state index in [1.807, 2.05) is 48.9 Å². The SMILES string of the molecule is Cc1c[c-]c(-c2ccc(CC(C)(C)C)cn2)cc1.Cc1cc2ccncc2c(-c2cccc3c2oc2c(-c4ccccn4)[c-]ccc23)c1C.[Ir]. The Morgan fingerprint density at radius 2 is 1.56 bits per heavy atom. The van der Waals surface area contributed by atoms with Gasteiger partial charge >= 0.3 is 0 Å². The monoisotopic (exact) mass is 830 g/mol. The number of fused-ring (bicyclic) bond motifs is 4. The van der Waals surface area contributed by atoms with Crippen LogP contribution in [0.2, 0.25) is 0 Å². The molecular weight excluding hydrogens is 791 g/mol. The van der Waals surface area contributed by atoms with Gasteiger partial charge in [-0.15, -0.1) is 53.6 Å². The first-order chi connectivity index (χ1) is 23.7. The van der Waals surface area contributed by atoms with Gasteiger partial charge in [-0.2, -0.15) is 0 Å². The van der Waals surface area contributed by atoms with Crippen LogP contribution in [0.25, 0.3) is 66.4 Å². The summed E-state index contributed by atoms with van der Waals surface area (Å²) in [5.74, 6) is 0. The Hall–Kier alpha value is -4.96. The average Bonchev–Trinajstić information content (AvgIpc) is 3.49. The molecule has 5 heteroatoms. The van der Waals surface area contributed by atoms with Crippen LogP contribution in [0.5, 0.6) is 0 Å². The zero-order valence-corrected chi connectivity index (χ0v) is 31.7. The number of aromatic nitrogens is 3. The van der Waals surface area contributed by atoms with E-state index in [0.29, 0.717) is 5.41 Å². The number of benzene rings is 4. The van der Waals surface area contributed by atoms with Gasteiger partial charge in [-0.25, -0.2) is 0 Å². The van der Waals surface area contributed by atoms with E-state index in [1.54, 1.807) is 6.20 Å². The van der Waals surface area contributed by atoms with Gasteiger partial charge in [0.15, 0.2) is 0 Å². The van der Waals surface area contributed by atoms with Gasteiger partial charge in [0.1, 0.15) is 5.58 Å². The molecule has 0 saturated heterocycles. The van der Waals surface area contributed by atoms with Gasteiger partial charge in [0.05, 0.1) is 5.58 Å². The van der Waals surface area contributed by atoms with Crippen LogP contribution in [-0.4, -0.2) is 15.0 Å². The maximum atomic E-state index is 6.58. The Morgan fingerprint density at radius 3 is 2.28 bits per heavy atom. The summed E-state index contributed by atoms with van der Waals surface area (Å²) in [7, 11) is 0. The van der Waals surface area contributed by atoms with E-state index >= 15 is 0 Å². The van der Waals surface area contributed by atoms with E-state index in [1.165, 1.54) is 33.2 Å². The molecule has 4 nitrogen and oxygen atoms in total. The van der Waals surface area contributed by atoms with E-state index in [4.69, 9.17) is 4.42 Å². The summed E-state index contributed by atoms with van der Waals surface area (Å²) >= 11 is 0. The van der Waals surface area contributed by atoms with Crippen LogP contribution in [0.1, 0.15) is 43.0 Å². The molecule has 0 N–H and O–H groups in total. The molecule has 251 valence electrons. The summed E-state index contributed by atoms with van der Waals surface area (Å²) in [6.45, 7) is 13.1. The second-order valence-corrected chi connectivity index (χ2v) is 14.0. The van der Waals surface area contributed by atoms with Crippen molar-refractivity contribution in [3.8, 4) is 33.6 Å². The Labute approximate surface area is 308 Å². The van der Waals surface area contributed by atoms with Crippen molar-refractivity contribution in [2.75, 3.05) is 0 Å². The van der Waals surface area contributed by atoms with Crippen molar-refractivity contribution in [3.05, 3.63) is 150 Å². The number of para-hydroxylation sites is 1. The molecule has 8 rings (SSSR count). The van der Waals surface area contributed by atoms with E-state index in [9.17, 15) is 0 Å². The third kappa shape index (κ3) is 7.16. The molecule has 0 aliphatic rings. The molecule has 0 aliphatic carbocycles. The van der Waals surface area contributed by atoms with Crippen LogP contribution >= 0.6 is 0 Å². The molecule has 8 aromatic rings. The minimum absolute atomic E-state index is 0. The molecule has 0 fully saturated rings. The van der Waals surface area contributed by atoms with E-state index in [2.05, 4.69) is 129 Å². The maximum Gasteiger partial charge on any atom is 0.128 e. The smallest absolute Gasteiger partial charge is 0.128 e. The fourth-order valence-corrected chi connectivity index (χ4v) is 6.45. The van der Waals surface area contributed by atoms with Crippen LogP contribution in [0.3, 0.4) is 0 Å². The maximum absolute atomic E-state index is 6.58. The minimum atomic E-state index is 0. The first kappa shape index (κ1) is 34.9. The quantitative estimate of drug-likeness (QED) is 0.166. The molecule has 4 aromatic carbocycles. The molecule has 0 bridgehead atoms. The van der Waals surface area contributed by atoms with Gasteiger partial charge in [0.25, 0.3) is 0 Å². The van der Waals surface area contributed by atoms with Gasteiger partial charge in [0, 0.05) is 61.2 Å². The molecule has 50 heavy (non-hydrogen) atoms. The fraction of sp³-hybridized carbons (Fsp3) is 0.178. The number of rotatable bonds is 4. The number of hydrogen-bond acceptors (Lipinski definition) is 4. The summed E-state index contributed by atoms with van der Waals surface area (Å²) < 4.78 is 6.58. The molecule has 0 saturated carbocycles.